The first-order chi connectivity index (χ1) is 14.7. The number of nitrogens with one attached hydrogen (secondary N) is 2. The zero-order chi connectivity index (χ0) is 20.9. The largest absolute Gasteiger partial charge is 0.497 e. The number of anilines is 1. The second-order valence-corrected chi connectivity index (χ2v) is 6.71. The minimum absolute atomic E-state index is 0.134. The summed E-state index contributed by atoms with van der Waals surface area (Å²) in [6, 6.07) is 19.3. The second kappa shape index (κ2) is 8.61. The first kappa shape index (κ1) is 19.4. The molecule has 30 heavy (non-hydrogen) atoms. The number of carbonyl (C=O) groups is 1. The highest BCUT2D eigenvalue weighted by molar-refractivity contribution is 5.98. The van der Waals surface area contributed by atoms with Crippen LogP contribution in [-0.2, 0) is 6.54 Å². The molecule has 0 radical (unpaired) electrons. The third-order valence-electron chi connectivity index (χ3n) is 4.85. The quantitative estimate of drug-likeness (QED) is 0.472. The third-order valence-corrected chi connectivity index (χ3v) is 4.85. The average molecular weight is 401 g/mol. The maximum Gasteiger partial charge on any atom is 0.319 e. The fourth-order valence-electron chi connectivity index (χ4n) is 3.35. The molecule has 0 fully saturated rings. The number of benzene rings is 3. The number of carbonyl (C=O) groups excluding carboxylic acids is 1. The monoisotopic (exact) mass is 401 g/mol. The first-order valence-electron chi connectivity index (χ1n) is 9.45. The molecule has 1 heterocycles. The van der Waals surface area contributed by atoms with Gasteiger partial charge >= 0.3 is 6.03 Å². The molecule has 0 aliphatic rings. The number of urea groups is 1. The summed E-state index contributed by atoms with van der Waals surface area (Å²) >= 11 is 0. The van der Waals surface area contributed by atoms with E-state index in [0.29, 0.717) is 0 Å². The molecular weight excluding hydrogens is 381 g/mol. The van der Waals surface area contributed by atoms with Crippen molar-refractivity contribution in [1.29, 1.82) is 0 Å². The van der Waals surface area contributed by atoms with Gasteiger partial charge in [0.05, 0.1) is 12.8 Å². The van der Waals surface area contributed by atoms with Crippen LogP contribution in [0.3, 0.4) is 0 Å². The zero-order valence-corrected chi connectivity index (χ0v) is 16.4. The number of ether oxygens (including phenoxy) is 1. The van der Waals surface area contributed by atoms with E-state index in [4.69, 9.17) is 4.74 Å². The molecule has 2 N–H and O–H groups in total. The van der Waals surface area contributed by atoms with Gasteiger partial charge in [0.2, 0.25) is 0 Å². The van der Waals surface area contributed by atoms with Crippen LogP contribution in [0.4, 0.5) is 14.9 Å². The number of hydrogen-bond acceptors (Lipinski definition) is 3. The molecule has 0 bridgehead atoms. The molecule has 2 amide bonds. The first-order valence-corrected chi connectivity index (χ1v) is 9.45. The van der Waals surface area contributed by atoms with Crippen molar-refractivity contribution in [2.75, 3.05) is 12.4 Å². The van der Waals surface area contributed by atoms with Gasteiger partial charge < -0.3 is 15.4 Å². The van der Waals surface area contributed by atoms with Gasteiger partial charge in [0.15, 0.2) is 0 Å². The third kappa shape index (κ3) is 4.07. The van der Waals surface area contributed by atoms with Crippen molar-refractivity contribution in [3.05, 3.63) is 90.5 Å². The van der Waals surface area contributed by atoms with E-state index in [-0.39, 0.29) is 12.2 Å². The van der Waals surface area contributed by atoms with Gasteiger partial charge in [0.25, 0.3) is 0 Å². The van der Waals surface area contributed by atoms with Gasteiger partial charge in [-0.3, -0.25) is 4.98 Å². The molecule has 0 saturated carbocycles. The highest BCUT2D eigenvalue weighted by Gasteiger charge is 2.11. The van der Waals surface area contributed by atoms with Crippen LogP contribution in [0.1, 0.15) is 5.56 Å². The van der Waals surface area contributed by atoms with Crippen LogP contribution in [-0.4, -0.2) is 18.1 Å². The van der Waals surface area contributed by atoms with Gasteiger partial charge in [0, 0.05) is 24.3 Å². The number of halogens is 1. The lowest BCUT2D eigenvalue weighted by molar-refractivity contribution is 0.251. The van der Waals surface area contributed by atoms with Gasteiger partial charge in [-0.05, 0) is 52.4 Å². The molecule has 0 atom stereocenters. The van der Waals surface area contributed by atoms with Crippen molar-refractivity contribution in [2.24, 2.45) is 0 Å². The second-order valence-electron chi connectivity index (χ2n) is 6.71. The molecule has 3 aromatic carbocycles. The minimum Gasteiger partial charge on any atom is -0.497 e. The van der Waals surface area contributed by atoms with Crippen LogP contribution in [0.15, 0.2) is 79.1 Å². The van der Waals surface area contributed by atoms with E-state index in [9.17, 15) is 9.18 Å². The molecule has 5 nitrogen and oxygen atoms in total. The highest BCUT2D eigenvalue weighted by Crippen LogP contribution is 2.32. The molecule has 4 aromatic rings. The Balaban J connectivity index is 1.58. The van der Waals surface area contributed by atoms with Crippen LogP contribution >= 0.6 is 0 Å². The van der Waals surface area contributed by atoms with Gasteiger partial charge in [-0.25, -0.2) is 9.18 Å². The predicted octanol–water partition coefficient (Wildman–Crippen LogP) is 5.37. The summed E-state index contributed by atoms with van der Waals surface area (Å²) in [5, 5.41) is 7.26. The summed E-state index contributed by atoms with van der Waals surface area (Å²) in [5.74, 6) is 0.301. The van der Waals surface area contributed by atoms with Crippen LogP contribution < -0.4 is 15.4 Å². The smallest absolute Gasteiger partial charge is 0.319 e. The Bertz CT molecular complexity index is 1210. The lowest BCUT2D eigenvalue weighted by Crippen LogP contribution is -2.28. The lowest BCUT2D eigenvalue weighted by atomic mass is 9.96. The van der Waals surface area contributed by atoms with Gasteiger partial charge in [-0.1, -0.05) is 36.4 Å². The highest BCUT2D eigenvalue weighted by atomic mass is 19.1. The van der Waals surface area contributed by atoms with E-state index in [0.717, 1.165) is 33.2 Å². The summed E-state index contributed by atoms with van der Waals surface area (Å²) in [6.07, 6.45) is 3.53. The number of para-hydroxylation sites is 1. The number of fused-ring (bicyclic) bond motifs is 1. The maximum absolute atomic E-state index is 13.7. The number of rotatable bonds is 5. The summed E-state index contributed by atoms with van der Waals surface area (Å²) in [4.78, 5) is 16.5. The normalized spacial score (nSPS) is 10.6. The number of aromatic nitrogens is 1. The Hall–Kier alpha value is -3.93. The summed E-state index contributed by atoms with van der Waals surface area (Å²) in [6.45, 7) is 0.279. The average Bonchev–Trinajstić information content (AvgIpc) is 2.79. The zero-order valence-electron chi connectivity index (χ0n) is 16.4. The number of hydrogen-bond donors (Lipinski definition) is 2. The molecule has 0 aliphatic heterocycles. The summed E-state index contributed by atoms with van der Waals surface area (Å²) in [5.41, 5.74) is 3.12. The Labute approximate surface area is 173 Å². The van der Waals surface area contributed by atoms with Crippen molar-refractivity contribution in [1.82, 2.24) is 10.3 Å². The Kier molecular flexibility index (Phi) is 5.57. The van der Waals surface area contributed by atoms with Crippen molar-refractivity contribution in [2.45, 2.75) is 6.54 Å². The Morgan fingerprint density at radius 3 is 2.73 bits per heavy atom. The van der Waals surface area contributed by atoms with Crippen molar-refractivity contribution in [3.63, 3.8) is 0 Å². The summed E-state index contributed by atoms with van der Waals surface area (Å²) in [7, 11) is 1.64. The minimum atomic E-state index is -0.482. The predicted molar refractivity (Wildman–Crippen MR) is 116 cm³/mol. The number of methoxy groups -OCH3 is 1. The van der Waals surface area contributed by atoms with Gasteiger partial charge in [-0.2, -0.15) is 0 Å². The topological polar surface area (TPSA) is 63.2 Å². The molecule has 0 aliphatic carbocycles. The number of nitrogens with zero attached hydrogens (tertiary/aromatic N) is 1. The SMILES string of the molecule is COc1cccc(-c2ccc(CNC(=O)Nc3ccccc3F)c3cnccc23)c1. The molecular formula is C24H20FN3O2. The van der Waals surface area contributed by atoms with Gasteiger partial charge in [0.1, 0.15) is 11.6 Å². The molecule has 6 heteroatoms. The standard InChI is InChI=1S/C24H20FN3O2/c1-30-18-6-4-5-16(13-18)19-10-9-17(21-15-26-12-11-20(19)21)14-27-24(29)28-23-8-3-2-7-22(23)25/h2-13,15H,14H2,1H3,(H2,27,28,29). The fraction of sp³-hybridized carbons (Fsp3) is 0.0833. The number of amides is 2. The fourth-order valence-corrected chi connectivity index (χ4v) is 3.35. The van der Waals surface area contributed by atoms with E-state index in [2.05, 4.69) is 15.6 Å². The van der Waals surface area contributed by atoms with E-state index in [1.165, 1.54) is 12.1 Å². The molecule has 1 aromatic heterocycles. The van der Waals surface area contributed by atoms with Crippen LogP contribution in [0.5, 0.6) is 5.75 Å². The lowest BCUT2D eigenvalue weighted by Gasteiger charge is -2.13. The van der Waals surface area contributed by atoms with Crippen molar-refractivity contribution >= 4 is 22.5 Å². The van der Waals surface area contributed by atoms with Crippen LogP contribution in [0.2, 0.25) is 0 Å². The van der Waals surface area contributed by atoms with E-state index >= 15 is 0 Å². The molecule has 4 rings (SSSR count). The molecule has 0 saturated heterocycles. The van der Waals surface area contributed by atoms with E-state index < -0.39 is 11.8 Å². The van der Waals surface area contributed by atoms with E-state index in [1.54, 1.807) is 31.6 Å². The molecule has 150 valence electrons. The van der Waals surface area contributed by atoms with Crippen LogP contribution in [0.25, 0.3) is 21.9 Å². The maximum atomic E-state index is 13.7. The number of pyridine rings is 1. The van der Waals surface area contributed by atoms with Gasteiger partial charge in [-0.15, -0.1) is 0 Å². The molecule has 0 spiro atoms. The van der Waals surface area contributed by atoms with Crippen LogP contribution in [0, 0.1) is 5.82 Å². The summed E-state index contributed by atoms with van der Waals surface area (Å²) < 4.78 is 19.1. The Morgan fingerprint density at radius 2 is 1.90 bits per heavy atom. The Morgan fingerprint density at radius 1 is 1.03 bits per heavy atom. The van der Waals surface area contributed by atoms with E-state index in [1.807, 2.05) is 42.5 Å². The van der Waals surface area contributed by atoms with Crippen molar-refractivity contribution in [3.8, 4) is 16.9 Å². The van der Waals surface area contributed by atoms with Crippen molar-refractivity contribution < 1.29 is 13.9 Å². The molecule has 0 unspecified atom stereocenters.